The maximum atomic E-state index is 13.2. The van der Waals surface area contributed by atoms with Gasteiger partial charge >= 0.3 is 0 Å². The highest BCUT2D eigenvalue weighted by Gasteiger charge is 2.26. The Kier molecular flexibility index (Phi) is 12.8. The standard InChI is InChI=1S/C18H19ClN6O2S.C17H15Cl2N3O2S/c1-2-25(11-12-5-3-4-8-22-12)28(26,27)13-6-7-14-15(9-13)17(24-18(20)21)23-10-16(14)19;1-2-22(11-12-5-3-4-8-20-12)25(23,24)13-6-7-14-15(9-13)17(19)21-10-16(14)18/h3-10H,2,11H2,1H3,(H4,20,21,23,24);3-10H,2,11H2,1H3. The quantitative estimate of drug-likeness (QED) is 0.0825. The molecule has 53 heavy (non-hydrogen) atoms. The normalized spacial score (nSPS) is 11.8. The first kappa shape index (κ1) is 39.7. The molecular weight excluding hydrogens is 781 g/mol. The second-order valence-corrected chi connectivity index (χ2v) is 16.3. The number of halogens is 3. The Morgan fingerprint density at radius 3 is 1.57 bits per heavy atom. The number of hydrogen-bond donors (Lipinski definition) is 2. The van der Waals surface area contributed by atoms with Crippen LogP contribution in [0.5, 0.6) is 0 Å². The van der Waals surface area contributed by atoms with Gasteiger partial charge in [0.15, 0.2) is 11.8 Å². The van der Waals surface area contributed by atoms with Crippen LogP contribution in [0.2, 0.25) is 15.2 Å². The molecule has 0 unspecified atom stereocenters. The monoisotopic (exact) mass is 813 g/mol. The predicted octanol–water partition coefficient (Wildman–Crippen LogP) is 6.55. The molecule has 0 saturated heterocycles. The van der Waals surface area contributed by atoms with Gasteiger partial charge in [0.05, 0.1) is 44.3 Å². The zero-order valence-corrected chi connectivity index (χ0v) is 32.3. The fourth-order valence-electron chi connectivity index (χ4n) is 5.24. The Balaban J connectivity index is 0.000000206. The molecule has 13 nitrogen and oxygen atoms in total. The van der Waals surface area contributed by atoms with Crippen molar-refractivity contribution in [2.75, 3.05) is 13.1 Å². The van der Waals surface area contributed by atoms with Crippen LogP contribution in [0.4, 0.5) is 5.82 Å². The van der Waals surface area contributed by atoms with Gasteiger partial charge in [-0.3, -0.25) is 9.97 Å². The number of fused-ring (bicyclic) bond motifs is 2. The van der Waals surface area contributed by atoms with Gasteiger partial charge in [0.1, 0.15) is 5.15 Å². The average Bonchev–Trinajstić information content (AvgIpc) is 3.16. The number of nitrogens with two attached hydrogens (primary N) is 2. The SMILES string of the molecule is CCN(Cc1ccccn1)S(=O)(=O)c1ccc2c(Cl)cnc(Cl)c2c1.CCN(Cc1ccccn1)S(=O)(=O)c1ccc2c(Cl)cnc(N=C(N)N)c2c1. The largest absolute Gasteiger partial charge is 0.370 e. The molecule has 6 aromatic rings. The number of rotatable bonds is 11. The fraction of sp³-hybridized carbons (Fsp3) is 0.171. The molecule has 4 N–H and O–H groups in total. The lowest BCUT2D eigenvalue weighted by Crippen LogP contribution is -2.30. The molecule has 0 bridgehead atoms. The van der Waals surface area contributed by atoms with Crippen LogP contribution in [0.1, 0.15) is 25.2 Å². The van der Waals surface area contributed by atoms with Gasteiger partial charge in [0.2, 0.25) is 20.0 Å². The van der Waals surface area contributed by atoms with Gasteiger partial charge in [-0.15, -0.1) is 0 Å². The van der Waals surface area contributed by atoms with Crippen LogP contribution in [-0.4, -0.2) is 64.4 Å². The van der Waals surface area contributed by atoms with Crippen LogP contribution in [0.15, 0.2) is 112 Å². The molecule has 0 spiro atoms. The molecule has 0 aliphatic rings. The van der Waals surface area contributed by atoms with E-state index < -0.39 is 20.0 Å². The Hall–Kier alpha value is -4.48. The molecule has 276 valence electrons. The lowest BCUT2D eigenvalue weighted by atomic mass is 10.1. The van der Waals surface area contributed by atoms with Crippen molar-refractivity contribution in [2.45, 2.75) is 36.7 Å². The number of guanidine groups is 1. The summed E-state index contributed by atoms with van der Waals surface area (Å²) in [5, 5.41) is 3.21. The number of pyridine rings is 4. The highest BCUT2D eigenvalue weighted by Crippen LogP contribution is 2.33. The molecule has 0 aliphatic carbocycles. The molecule has 0 atom stereocenters. The lowest BCUT2D eigenvalue weighted by molar-refractivity contribution is 0.418. The van der Waals surface area contributed by atoms with Crippen molar-refractivity contribution in [3.05, 3.63) is 124 Å². The van der Waals surface area contributed by atoms with E-state index in [4.69, 9.17) is 46.3 Å². The Morgan fingerprint density at radius 2 is 1.11 bits per heavy atom. The van der Waals surface area contributed by atoms with E-state index in [1.807, 2.05) is 12.1 Å². The Bertz CT molecular complexity index is 2490. The van der Waals surface area contributed by atoms with Crippen LogP contribution in [-0.2, 0) is 33.1 Å². The van der Waals surface area contributed by atoms with E-state index in [1.54, 1.807) is 62.6 Å². The number of sulfonamides is 2. The molecule has 0 radical (unpaired) electrons. The molecule has 0 saturated carbocycles. The smallest absolute Gasteiger partial charge is 0.243 e. The van der Waals surface area contributed by atoms with Crippen LogP contribution >= 0.6 is 34.8 Å². The first-order valence-electron chi connectivity index (χ1n) is 16.0. The molecule has 0 fully saturated rings. The summed E-state index contributed by atoms with van der Waals surface area (Å²) in [6.07, 6.45) is 6.12. The molecule has 4 aromatic heterocycles. The third-order valence-electron chi connectivity index (χ3n) is 7.90. The van der Waals surface area contributed by atoms with Crippen molar-refractivity contribution in [3.63, 3.8) is 0 Å². The average molecular weight is 815 g/mol. The summed E-state index contributed by atoms with van der Waals surface area (Å²) in [4.78, 5) is 20.7. The first-order chi connectivity index (χ1) is 25.3. The van der Waals surface area contributed by atoms with E-state index in [0.29, 0.717) is 49.5 Å². The van der Waals surface area contributed by atoms with Gasteiger partial charge in [-0.1, -0.05) is 72.9 Å². The number of aromatic nitrogens is 4. The van der Waals surface area contributed by atoms with E-state index in [-0.39, 0.29) is 46.4 Å². The van der Waals surface area contributed by atoms with Crippen molar-refractivity contribution in [1.29, 1.82) is 0 Å². The zero-order valence-electron chi connectivity index (χ0n) is 28.4. The van der Waals surface area contributed by atoms with Gasteiger partial charge in [0.25, 0.3) is 0 Å². The molecule has 0 aliphatic heterocycles. The highest BCUT2D eigenvalue weighted by molar-refractivity contribution is 7.89. The molecule has 6 rings (SSSR count). The van der Waals surface area contributed by atoms with Crippen molar-refractivity contribution in [1.82, 2.24) is 28.5 Å². The molecular formula is C35H34Cl3N9O4S2. The zero-order chi connectivity index (χ0) is 38.3. The maximum absolute atomic E-state index is 13.2. The minimum atomic E-state index is -3.79. The van der Waals surface area contributed by atoms with Crippen LogP contribution in [0, 0.1) is 0 Å². The second kappa shape index (κ2) is 17.1. The molecule has 4 heterocycles. The number of nitrogens with zero attached hydrogens (tertiary/aromatic N) is 7. The molecule has 0 amide bonds. The number of aliphatic imine (C=N–C) groups is 1. The predicted molar refractivity (Wildman–Crippen MR) is 209 cm³/mol. The summed E-state index contributed by atoms with van der Waals surface area (Å²) in [6.45, 7) is 4.51. The summed E-state index contributed by atoms with van der Waals surface area (Å²) < 4.78 is 55.1. The number of benzene rings is 2. The summed E-state index contributed by atoms with van der Waals surface area (Å²) in [7, 11) is -7.49. The minimum Gasteiger partial charge on any atom is -0.370 e. The van der Waals surface area contributed by atoms with Gasteiger partial charge in [0, 0.05) is 59.4 Å². The van der Waals surface area contributed by atoms with Crippen molar-refractivity contribution in [3.8, 4) is 0 Å². The van der Waals surface area contributed by atoms with E-state index >= 15 is 0 Å². The first-order valence-corrected chi connectivity index (χ1v) is 20.0. The van der Waals surface area contributed by atoms with Crippen molar-refractivity contribution >= 4 is 88.2 Å². The second-order valence-electron chi connectivity index (χ2n) is 11.3. The van der Waals surface area contributed by atoms with Crippen LogP contribution in [0.25, 0.3) is 21.5 Å². The van der Waals surface area contributed by atoms with E-state index in [9.17, 15) is 16.8 Å². The molecule has 2 aromatic carbocycles. The Labute approximate surface area is 322 Å². The summed E-state index contributed by atoms with van der Waals surface area (Å²) in [5.41, 5.74) is 12.2. The maximum Gasteiger partial charge on any atom is 0.243 e. The highest BCUT2D eigenvalue weighted by atomic mass is 35.5. The topological polar surface area (TPSA) is 191 Å². The number of hydrogen-bond acceptors (Lipinski definition) is 9. The molecule has 18 heteroatoms. The van der Waals surface area contributed by atoms with Crippen LogP contribution < -0.4 is 11.5 Å². The van der Waals surface area contributed by atoms with E-state index in [1.165, 1.54) is 45.3 Å². The Morgan fingerprint density at radius 1 is 0.642 bits per heavy atom. The third-order valence-corrected chi connectivity index (χ3v) is 12.6. The van der Waals surface area contributed by atoms with Gasteiger partial charge < -0.3 is 11.5 Å². The van der Waals surface area contributed by atoms with Crippen LogP contribution in [0.3, 0.4) is 0 Å². The summed E-state index contributed by atoms with van der Waals surface area (Å²) >= 11 is 18.4. The fourth-order valence-corrected chi connectivity index (χ4v) is 8.76. The van der Waals surface area contributed by atoms with E-state index in [2.05, 4.69) is 24.9 Å². The minimum absolute atomic E-state index is 0.0916. The third kappa shape index (κ3) is 9.19. The van der Waals surface area contributed by atoms with E-state index in [0.717, 1.165) is 0 Å². The van der Waals surface area contributed by atoms with Gasteiger partial charge in [-0.2, -0.15) is 13.6 Å². The summed E-state index contributed by atoms with van der Waals surface area (Å²) in [6, 6.07) is 20.1. The van der Waals surface area contributed by atoms with Crippen molar-refractivity contribution < 1.29 is 16.8 Å². The lowest BCUT2D eigenvalue weighted by Gasteiger charge is -2.20. The van der Waals surface area contributed by atoms with Gasteiger partial charge in [-0.25, -0.2) is 26.8 Å². The van der Waals surface area contributed by atoms with Crippen molar-refractivity contribution in [2.24, 2.45) is 16.5 Å². The van der Waals surface area contributed by atoms with Gasteiger partial charge in [-0.05, 0) is 48.5 Å². The summed E-state index contributed by atoms with van der Waals surface area (Å²) in [5.74, 6) is 0.0129.